The predicted octanol–water partition coefficient (Wildman–Crippen LogP) is 4.03. The van der Waals surface area contributed by atoms with Crippen LogP contribution in [0.1, 0.15) is 44.8 Å². The zero-order valence-corrected chi connectivity index (χ0v) is 15.6. The van der Waals surface area contributed by atoms with E-state index in [9.17, 15) is 5.11 Å². The molecule has 2 atom stereocenters. The van der Waals surface area contributed by atoms with Gasteiger partial charge in [-0.3, -0.25) is 4.98 Å². The summed E-state index contributed by atoms with van der Waals surface area (Å²) in [5.74, 6) is 2.44. The molecule has 1 saturated heterocycles. The molecular formula is C21H30N2O2. The van der Waals surface area contributed by atoms with Gasteiger partial charge in [0.25, 0.3) is 0 Å². The Morgan fingerprint density at radius 2 is 2.04 bits per heavy atom. The normalized spacial score (nSPS) is 19.0. The van der Waals surface area contributed by atoms with Gasteiger partial charge in [-0.05, 0) is 67.6 Å². The van der Waals surface area contributed by atoms with Crippen LogP contribution in [0, 0.1) is 11.8 Å². The summed E-state index contributed by atoms with van der Waals surface area (Å²) >= 11 is 0. The summed E-state index contributed by atoms with van der Waals surface area (Å²) in [5.41, 5.74) is 1.83. The fourth-order valence-corrected chi connectivity index (χ4v) is 3.94. The number of ether oxygens (including phenoxy) is 1. The van der Waals surface area contributed by atoms with Gasteiger partial charge in [0.1, 0.15) is 5.75 Å². The molecule has 25 heavy (non-hydrogen) atoms. The number of pyridine rings is 1. The fourth-order valence-electron chi connectivity index (χ4n) is 3.94. The molecular weight excluding hydrogens is 312 g/mol. The first-order valence-electron chi connectivity index (χ1n) is 9.45. The number of methoxy groups -OCH3 is 1. The van der Waals surface area contributed by atoms with E-state index in [1.165, 1.54) is 19.3 Å². The summed E-state index contributed by atoms with van der Waals surface area (Å²) in [7, 11) is 1.66. The first-order valence-corrected chi connectivity index (χ1v) is 9.45. The van der Waals surface area contributed by atoms with E-state index in [0.29, 0.717) is 6.54 Å². The molecule has 1 aromatic heterocycles. The van der Waals surface area contributed by atoms with Crippen LogP contribution in [-0.4, -0.2) is 41.7 Å². The Hall–Kier alpha value is -1.65. The molecule has 3 rings (SSSR count). The number of fused-ring (bicyclic) bond motifs is 1. The van der Waals surface area contributed by atoms with E-state index in [1.807, 2.05) is 24.3 Å². The smallest absolute Gasteiger partial charge is 0.119 e. The number of aliphatic hydroxyl groups excluding tert-OH is 1. The van der Waals surface area contributed by atoms with Gasteiger partial charge in [0.05, 0.1) is 18.7 Å². The highest BCUT2D eigenvalue weighted by Crippen LogP contribution is 2.30. The van der Waals surface area contributed by atoms with Crippen molar-refractivity contribution in [2.75, 3.05) is 26.7 Å². The van der Waals surface area contributed by atoms with Gasteiger partial charge >= 0.3 is 0 Å². The average molecular weight is 342 g/mol. The quantitative estimate of drug-likeness (QED) is 0.861. The lowest BCUT2D eigenvalue weighted by atomic mass is 9.84. The van der Waals surface area contributed by atoms with E-state index in [0.717, 1.165) is 47.1 Å². The second kappa shape index (κ2) is 8.15. The van der Waals surface area contributed by atoms with Crippen LogP contribution >= 0.6 is 0 Å². The summed E-state index contributed by atoms with van der Waals surface area (Å²) in [6, 6.07) is 7.75. The van der Waals surface area contributed by atoms with E-state index in [1.54, 1.807) is 13.3 Å². The number of nitrogens with zero attached hydrogens (tertiary/aromatic N) is 2. The number of piperidine rings is 1. The maximum Gasteiger partial charge on any atom is 0.119 e. The predicted molar refractivity (Wildman–Crippen MR) is 102 cm³/mol. The lowest BCUT2D eigenvalue weighted by Gasteiger charge is -2.35. The van der Waals surface area contributed by atoms with Gasteiger partial charge in [-0.25, -0.2) is 0 Å². The van der Waals surface area contributed by atoms with E-state index < -0.39 is 6.10 Å². The Labute approximate surface area is 150 Å². The van der Waals surface area contributed by atoms with Crippen molar-refractivity contribution in [3.05, 3.63) is 36.0 Å². The number of benzene rings is 1. The standard InChI is InChI=1S/C21H30N2O2/c1-4-15(2)16-8-11-23(12-9-16)14-21(24)18-7-10-22-20-6-5-17(25-3)13-19(18)20/h5-7,10,13,15-16,21,24H,4,8-9,11-12,14H2,1-3H3/t15-,21?/m1/s1. The molecule has 4 heteroatoms. The summed E-state index contributed by atoms with van der Waals surface area (Å²) in [6.07, 6.45) is 5.03. The van der Waals surface area contributed by atoms with Crippen LogP contribution in [-0.2, 0) is 0 Å². The Morgan fingerprint density at radius 3 is 2.72 bits per heavy atom. The molecule has 136 valence electrons. The Kier molecular flexibility index (Phi) is 5.92. The van der Waals surface area contributed by atoms with Crippen molar-refractivity contribution < 1.29 is 9.84 Å². The van der Waals surface area contributed by atoms with Crippen LogP contribution in [0.15, 0.2) is 30.5 Å². The summed E-state index contributed by atoms with van der Waals surface area (Å²) in [6.45, 7) is 7.50. The SMILES string of the molecule is CC[C@@H](C)C1CCN(CC(O)c2ccnc3ccc(OC)cc23)CC1. The third kappa shape index (κ3) is 4.13. The molecule has 1 aliphatic rings. The molecule has 2 aromatic rings. The number of hydrogen-bond acceptors (Lipinski definition) is 4. The largest absolute Gasteiger partial charge is 0.497 e. The topological polar surface area (TPSA) is 45.6 Å². The van der Waals surface area contributed by atoms with Crippen molar-refractivity contribution in [1.29, 1.82) is 0 Å². The molecule has 0 aliphatic carbocycles. The zero-order chi connectivity index (χ0) is 17.8. The molecule has 4 nitrogen and oxygen atoms in total. The molecule has 0 saturated carbocycles. The average Bonchev–Trinajstić information content (AvgIpc) is 2.66. The number of aliphatic hydroxyl groups is 1. The maximum absolute atomic E-state index is 10.8. The van der Waals surface area contributed by atoms with Crippen LogP contribution in [0.2, 0.25) is 0 Å². The van der Waals surface area contributed by atoms with Crippen molar-refractivity contribution in [1.82, 2.24) is 9.88 Å². The van der Waals surface area contributed by atoms with Gasteiger partial charge in [-0.15, -0.1) is 0 Å². The van der Waals surface area contributed by atoms with Gasteiger partial charge in [-0.2, -0.15) is 0 Å². The summed E-state index contributed by atoms with van der Waals surface area (Å²) in [5, 5.41) is 11.8. The molecule has 0 amide bonds. The monoisotopic (exact) mass is 342 g/mol. The zero-order valence-electron chi connectivity index (χ0n) is 15.6. The number of likely N-dealkylation sites (tertiary alicyclic amines) is 1. The lowest BCUT2D eigenvalue weighted by molar-refractivity contribution is 0.0804. The van der Waals surface area contributed by atoms with E-state index >= 15 is 0 Å². The molecule has 1 unspecified atom stereocenters. The molecule has 1 aromatic carbocycles. The van der Waals surface area contributed by atoms with E-state index in [2.05, 4.69) is 23.7 Å². The van der Waals surface area contributed by atoms with E-state index in [4.69, 9.17) is 4.74 Å². The number of rotatable bonds is 6. The highest BCUT2D eigenvalue weighted by atomic mass is 16.5. The molecule has 0 bridgehead atoms. The Balaban J connectivity index is 1.70. The van der Waals surface area contributed by atoms with Gasteiger partial charge in [0.15, 0.2) is 0 Å². The summed E-state index contributed by atoms with van der Waals surface area (Å²) < 4.78 is 5.33. The van der Waals surface area contributed by atoms with Crippen molar-refractivity contribution in [2.24, 2.45) is 11.8 Å². The summed E-state index contributed by atoms with van der Waals surface area (Å²) in [4.78, 5) is 6.80. The number of hydrogen-bond donors (Lipinski definition) is 1. The highest BCUT2D eigenvalue weighted by molar-refractivity contribution is 5.83. The molecule has 1 aliphatic heterocycles. The van der Waals surface area contributed by atoms with Crippen LogP contribution in [0.4, 0.5) is 0 Å². The van der Waals surface area contributed by atoms with Crippen molar-refractivity contribution >= 4 is 10.9 Å². The van der Waals surface area contributed by atoms with Gasteiger partial charge in [0.2, 0.25) is 0 Å². The third-order valence-electron chi connectivity index (χ3n) is 5.85. The second-order valence-electron chi connectivity index (χ2n) is 7.32. The van der Waals surface area contributed by atoms with Crippen LogP contribution in [0.25, 0.3) is 10.9 Å². The van der Waals surface area contributed by atoms with Gasteiger partial charge < -0.3 is 14.7 Å². The third-order valence-corrected chi connectivity index (χ3v) is 5.85. The lowest BCUT2D eigenvalue weighted by Crippen LogP contribution is -2.38. The molecule has 1 fully saturated rings. The highest BCUT2D eigenvalue weighted by Gasteiger charge is 2.25. The Bertz CT molecular complexity index is 695. The number of β-amino-alcohol motifs (C(OH)–C–C–N with tert-alkyl or cyclic N) is 1. The Morgan fingerprint density at radius 1 is 1.28 bits per heavy atom. The fraction of sp³-hybridized carbons (Fsp3) is 0.571. The molecule has 1 N–H and O–H groups in total. The molecule has 0 spiro atoms. The van der Waals surface area contributed by atoms with Crippen LogP contribution in [0.5, 0.6) is 5.75 Å². The molecule has 0 radical (unpaired) electrons. The van der Waals surface area contributed by atoms with Gasteiger partial charge in [-0.1, -0.05) is 20.3 Å². The first kappa shape index (κ1) is 18.2. The first-order chi connectivity index (χ1) is 12.1. The minimum Gasteiger partial charge on any atom is -0.497 e. The second-order valence-corrected chi connectivity index (χ2v) is 7.32. The van der Waals surface area contributed by atoms with Crippen molar-refractivity contribution in [3.63, 3.8) is 0 Å². The van der Waals surface area contributed by atoms with Crippen molar-refractivity contribution in [2.45, 2.75) is 39.2 Å². The van der Waals surface area contributed by atoms with Crippen LogP contribution < -0.4 is 4.74 Å². The van der Waals surface area contributed by atoms with Gasteiger partial charge in [0, 0.05) is 18.1 Å². The van der Waals surface area contributed by atoms with Crippen molar-refractivity contribution in [3.8, 4) is 5.75 Å². The maximum atomic E-state index is 10.8. The minimum atomic E-state index is -0.502. The number of aromatic nitrogens is 1. The minimum absolute atomic E-state index is 0.502. The molecule has 2 heterocycles. The van der Waals surface area contributed by atoms with Crippen LogP contribution in [0.3, 0.4) is 0 Å². The van der Waals surface area contributed by atoms with E-state index in [-0.39, 0.29) is 0 Å².